The van der Waals surface area contributed by atoms with Crippen LogP contribution >= 0.6 is 11.8 Å². The van der Waals surface area contributed by atoms with Crippen LogP contribution in [-0.4, -0.2) is 18.5 Å². The van der Waals surface area contributed by atoms with Crippen molar-refractivity contribution < 1.29 is 4.74 Å². The Morgan fingerprint density at radius 1 is 1.33 bits per heavy atom. The summed E-state index contributed by atoms with van der Waals surface area (Å²) in [6.45, 7) is 1.74. The fraction of sp³-hybridized carbons (Fsp3) is 0.417. The summed E-state index contributed by atoms with van der Waals surface area (Å²) in [5.41, 5.74) is 0.743. The summed E-state index contributed by atoms with van der Waals surface area (Å²) in [4.78, 5) is 1.20. The molecule has 1 aliphatic rings. The van der Waals surface area contributed by atoms with Gasteiger partial charge in [-0.15, -0.1) is 11.8 Å². The second kappa shape index (κ2) is 5.20. The molecule has 0 aromatic heterocycles. The molecule has 0 atom stereocenters. The van der Waals surface area contributed by atoms with Gasteiger partial charge in [0, 0.05) is 23.4 Å². The number of hydrogen-bond donors (Lipinski definition) is 0. The molecule has 0 amide bonds. The van der Waals surface area contributed by atoms with Crippen molar-refractivity contribution in [2.75, 3.05) is 13.2 Å². The van der Waals surface area contributed by atoms with E-state index in [1.54, 1.807) is 0 Å². The highest BCUT2D eigenvalue weighted by Crippen LogP contribution is 2.29. The van der Waals surface area contributed by atoms with Crippen molar-refractivity contribution in [1.82, 2.24) is 0 Å². The highest BCUT2D eigenvalue weighted by molar-refractivity contribution is 8.00. The highest BCUT2D eigenvalue weighted by atomic mass is 32.2. The topological polar surface area (TPSA) is 33.0 Å². The number of thioether (sulfide) groups is 1. The van der Waals surface area contributed by atoms with Gasteiger partial charge >= 0.3 is 0 Å². The maximum Gasteiger partial charge on any atom is 0.0992 e. The molecule has 0 aliphatic carbocycles. The maximum atomic E-state index is 8.79. The first kappa shape index (κ1) is 10.5. The number of benzene rings is 1. The maximum absolute atomic E-state index is 8.79. The predicted octanol–water partition coefficient (Wildman–Crippen LogP) is 2.83. The number of rotatable bonds is 2. The molecule has 0 saturated carbocycles. The van der Waals surface area contributed by atoms with Crippen LogP contribution in [0.1, 0.15) is 18.4 Å². The van der Waals surface area contributed by atoms with Gasteiger partial charge in [-0.2, -0.15) is 5.26 Å². The van der Waals surface area contributed by atoms with E-state index in [1.807, 2.05) is 30.0 Å². The molecule has 3 heteroatoms. The second-order valence-corrected chi connectivity index (χ2v) is 4.94. The molecule has 1 heterocycles. The van der Waals surface area contributed by atoms with Crippen LogP contribution < -0.4 is 0 Å². The molecule has 2 nitrogen and oxygen atoms in total. The van der Waals surface area contributed by atoms with Crippen LogP contribution in [0, 0.1) is 11.3 Å². The van der Waals surface area contributed by atoms with Crippen molar-refractivity contribution in [3.8, 4) is 6.07 Å². The van der Waals surface area contributed by atoms with Crippen molar-refractivity contribution in [3.63, 3.8) is 0 Å². The third-order valence-electron chi connectivity index (χ3n) is 2.43. The van der Waals surface area contributed by atoms with Crippen molar-refractivity contribution >= 4 is 11.8 Å². The molecule has 15 heavy (non-hydrogen) atoms. The normalized spacial score (nSPS) is 17.3. The number of ether oxygens (including phenoxy) is 1. The molecule has 0 spiro atoms. The summed E-state index contributed by atoms with van der Waals surface area (Å²) in [5, 5.41) is 9.43. The molecule has 0 bridgehead atoms. The van der Waals surface area contributed by atoms with E-state index >= 15 is 0 Å². The van der Waals surface area contributed by atoms with Crippen molar-refractivity contribution in [2.45, 2.75) is 23.0 Å². The predicted molar refractivity (Wildman–Crippen MR) is 60.9 cm³/mol. The SMILES string of the molecule is N#Cc1cccc(SC2CCOCC2)c1. The first-order chi connectivity index (χ1) is 7.38. The average molecular weight is 219 g/mol. The Morgan fingerprint density at radius 3 is 2.87 bits per heavy atom. The summed E-state index contributed by atoms with van der Waals surface area (Å²) < 4.78 is 5.32. The van der Waals surface area contributed by atoms with Crippen LogP contribution in [-0.2, 0) is 4.74 Å². The lowest BCUT2D eigenvalue weighted by Gasteiger charge is -2.21. The Hall–Kier alpha value is -0.980. The average Bonchev–Trinajstić information content (AvgIpc) is 2.31. The van der Waals surface area contributed by atoms with Gasteiger partial charge in [0.05, 0.1) is 11.6 Å². The monoisotopic (exact) mass is 219 g/mol. The lowest BCUT2D eigenvalue weighted by molar-refractivity contribution is 0.100. The van der Waals surface area contributed by atoms with Gasteiger partial charge in [0.1, 0.15) is 0 Å². The van der Waals surface area contributed by atoms with Crippen molar-refractivity contribution in [1.29, 1.82) is 5.26 Å². The second-order valence-electron chi connectivity index (χ2n) is 3.57. The highest BCUT2D eigenvalue weighted by Gasteiger charge is 2.14. The molecule has 1 aromatic rings. The van der Waals surface area contributed by atoms with Gasteiger partial charge in [-0.05, 0) is 31.0 Å². The largest absolute Gasteiger partial charge is 0.381 e. The molecular weight excluding hydrogens is 206 g/mol. The number of nitrogens with zero attached hydrogens (tertiary/aromatic N) is 1. The minimum atomic E-state index is 0.646. The van der Waals surface area contributed by atoms with E-state index in [4.69, 9.17) is 10.00 Å². The zero-order valence-corrected chi connectivity index (χ0v) is 9.30. The van der Waals surface area contributed by atoms with Gasteiger partial charge in [0.2, 0.25) is 0 Å². The third-order valence-corrected chi connectivity index (χ3v) is 3.77. The van der Waals surface area contributed by atoms with Gasteiger partial charge in [-0.1, -0.05) is 6.07 Å². The molecule has 2 rings (SSSR count). The number of nitriles is 1. The van der Waals surface area contributed by atoms with Gasteiger partial charge in [-0.25, -0.2) is 0 Å². The summed E-state index contributed by atoms with van der Waals surface area (Å²) >= 11 is 1.86. The Balaban J connectivity index is 2.00. The first-order valence-electron chi connectivity index (χ1n) is 5.13. The van der Waals surface area contributed by atoms with Crippen LogP contribution in [0.25, 0.3) is 0 Å². The third kappa shape index (κ3) is 2.98. The standard InChI is InChI=1S/C12H13NOS/c13-9-10-2-1-3-12(8-10)15-11-4-6-14-7-5-11/h1-3,8,11H,4-7H2. The van der Waals surface area contributed by atoms with E-state index in [1.165, 1.54) is 4.90 Å². The minimum absolute atomic E-state index is 0.646. The van der Waals surface area contributed by atoms with Crippen LogP contribution in [0.2, 0.25) is 0 Å². The lowest BCUT2D eigenvalue weighted by Crippen LogP contribution is -2.17. The zero-order chi connectivity index (χ0) is 10.5. The van der Waals surface area contributed by atoms with Gasteiger partial charge in [0.15, 0.2) is 0 Å². The Labute approximate surface area is 94.2 Å². The molecule has 1 aromatic carbocycles. The fourth-order valence-corrected chi connectivity index (χ4v) is 2.79. The smallest absolute Gasteiger partial charge is 0.0992 e. The van der Waals surface area contributed by atoms with Crippen LogP contribution in [0.3, 0.4) is 0 Å². The Morgan fingerprint density at radius 2 is 2.13 bits per heavy atom. The van der Waals surface area contributed by atoms with Crippen LogP contribution in [0.4, 0.5) is 0 Å². The molecule has 78 valence electrons. The zero-order valence-electron chi connectivity index (χ0n) is 8.48. The van der Waals surface area contributed by atoms with Gasteiger partial charge < -0.3 is 4.74 Å². The quantitative estimate of drug-likeness (QED) is 0.766. The van der Waals surface area contributed by atoms with E-state index in [9.17, 15) is 0 Å². The lowest BCUT2D eigenvalue weighted by atomic mass is 10.2. The van der Waals surface area contributed by atoms with Crippen LogP contribution in [0.5, 0.6) is 0 Å². The minimum Gasteiger partial charge on any atom is -0.381 e. The Bertz CT molecular complexity index is 366. The fourth-order valence-electron chi connectivity index (χ4n) is 1.63. The molecule has 0 radical (unpaired) electrons. The van der Waals surface area contributed by atoms with Crippen molar-refractivity contribution in [3.05, 3.63) is 29.8 Å². The molecule has 0 unspecified atom stereocenters. The van der Waals surface area contributed by atoms with Gasteiger partial charge in [-0.3, -0.25) is 0 Å². The Kier molecular flexibility index (Phi) is 3.65. The van der Waals surface area contributed by atoms with E-state index in [0.29, 0.717) is 5.25 Å². The summed E-state index contributed by atoms with van der Waals surface area (Å²) in [5.74, 6) is 0. The van der Waals surface area contributed by atoms with Gasteiger partial charge in [0.25, 0.3) is 0 Å². The molecule has 1 saturated heterocycles. The van der Waals surface area contributed by atoms with E-state index in [2.05, 4.69) is 12.1 Å². The van der Waals surface area contributed by atoms with E-state index < -0.39 is 0 Å². The summed E-state index contributed by atoms with van der Waals surface area (Å²) in [6.07, 6.45) is 2.23. The molecular formula is C12H13NOS. The first-order valence-corrected chi connectivity index (χ1v) is 6.01. The number of hydrogen-bond acceptors (Lipinski definition) is 3. The molecule has 1 aliphatic heterocycles. The summed E-state index contributed by atoms with van der Waals surface area (Å²) in [6, 6.07) is 9.98. The molecule has 1 fully saturated rings. The van der Waals surface area contributed by atoms with Crippen LogP contribution in [0.15, 0.2) is 29.2 Å². The van der Waals surface area contributed by atoms with E-state index in [-0.39, 0.29) is 0 Å². The van der Waals surface area contributed by atoms with Crippen molar-refractivity contribution in [2.24, 2.45) is 0 Å². The molecule has 0 N–H and O–H groups in total. The van der Waals surface area contributed by atoms with E-state index in [0.717, 1.165) is 31.6 Å². The summed E-state index contributed by atoms with van der Waals surface area (Å²) in [7, 11) is 0.